The van der Waals surface area contributed by atoms with Crippen molar-refractivity contribution in [3.8, 4) is 23.0 Å². The van der Waals surface area contributed by atoms with Crippen molar-refractivity contribution in [3.05, 3.63) is 82.9 Å². The summed E-state index contributed by atoms with van der Waals surface area (Å²) in [5.41, 5.74) is 0.166. The second-order valence-electron chi connectivity index (χ2n) is 5.84. The van der Waals surface area contributed by atoms with Crippen LogP contribution in [0.3, 0.4) is 0 Å². The van der Waals surface area contributed by atoms with Gasteiger partial charge in [0.05, 0.1) is 23.8 Å². The molecule has 0 aliphatic carbocycles. The molecule has 0 saturated carbocycles. The first kappa shape index (κ1) is 19.7. The average Bonchev–Trinajstić information content (AvgIpc) is 2.74. The van der Waals surface area contributed by atoms with Gasteiger partial charge in [-0.15, -0.1) is 0 Å². The summed E-state index contributed by atoms with van der Waals surface area (Å²) in [6, 6.07) is 20.2. The van der Waals surface area contributed by atoms with E-state index in [0.717, 1.165) is 0 Å². The molecule has 0 spiro atoms. The van der Waals surface area contributed by atoms with Gasteiger partial charge in [0.1, 0.15) is 11.5 Å². The summed E-state index contributed by atoms with van der Waals surface area (Å²) in [6.07, 6.45) is 0. The van der Waals surface area contributed by atoms with Gasteiger partial charge in [-0.2, -0.15) is 0 Å². The van der Waals surface area contributed by atoms with Crippen LogP contribution in [0.4, 0.5) is 11.4 Å². The number of nitrogens with one attached hydrogen (secondary N) is 1. The van der Waals surface area contributed by atoms with Crippen molar-refractivity contribution >= 4 is 17.3 Å². The predicted molar refractivity (Wildman–Crippen MR) is 107 cm³/mol. The van der Waals surface area contributed by atoms with Crippen molar-refractivity contribution in [2.24, 2.45) is 0 Å². The average molecular weight is 394 g/mol. The number of para-hydroxylation sites is 3. The topological polar surface area (TPSA) is 99.9 Å². The molecule has 0 aromatic heterocycles. The number of carbonyl (C=O) groups excluding carboxylic acids is 1. The van der Waals surface area contributed by atoms with E-state index in [1.807, 2.05) is 18.2 Å². The maximum Gasteiger partial charge on any atom is 0.314 e. The van der Waals surface area contributed by atoms with Gasteiger partial charge in [0.25, 0.3) is 5.91 Å². The highest BCUT2D eigenvalue weighted by Crippen LogP contribution is 2.31. The first-order chi connectivity index (χ1) is 14.1. The van der Waals surface area contributed by atoms with Crippen LogP contribution < -0.4 is 19.5 Å². The zero-order valence-corrected chi connectivity index (χ0v) is 15.5. The molecule has 3 rings (SSSR count). The van der Waals surface area contributed by atoms with Gasteiger partial charge < -0.3 is 19.5 Å². The number of nitro benzene ring substituents is 1. The Labute approximate surface area is 166 Å². The van der Waals surface area contributed by atoms with Crippen LogP contribution in [0, 0.1) is 10.1 Å². The van der Waals surface area contributed by atoms with Gasteiger partial charge in [0.15, 0.2) is 18.1 Å². The molecular weight excluding hydrogens is 376 g/mol. The summed E-state index contributed by atoms with van der Waals surface area (Å²) in [4.78, 5) is 22.9. The summed E-state index contributed by atoms with van der Waals surface area (Å²) < 4.78 is 16.1. The van der Waals surface area contributed by atoms with E-state index < -0.39 is 17.4 Å². The minimum Gasteiger partial charge on any atom is -0.496 e. The smallest absolute Gasteiger partial charge is 0.314 e. The fourth-order valence-corrected chi connectivity index (χ4v) is 2.49. The van der Waals surface area contributed by atoms with Gasteiger partial charge >= 0.3 is 5.69 Å². The number of rotatable bonds is 8. The van der Waals surface area contributed by atoms with Gasteiger partial charge in [0, 0.05) is 0 Å². The van der Waals surface area contributed by atoms with Crippen LogP contribution in [0.5, 0.6) is 23.0 Å². The zero-order valence-electron chi connectivity index (χ0n) is 15.5. The Morgan fingerprint density at radius 2 is 1.69 bits per heavy atom. The van der Waals surface area contributed by atoms with E-state index >= 15 is 0 Å². The minimum atomic E-state index is -0.598. The summed E-state index contributed by atoms with van der Waals surface area (Å²) in [6.45, 7) is -0.410. The Morgan fingerprint density at radius 1 is 0.966 bits per heavy atom. The van der Waals surface area contributed by atoms with Crippen LogP contribution in [-0.2, 0) is 4.79 Å². The van der Waals surface area contributed by atoms with Crippen molar-refractivity contribution in [2.75, 3.05) is 19.0 Å². The molecule has 0 radical (unpaired) electrons. The Balaban J connectivity index is 1.67. The Kier molecular flexibility index (Phi) is 6.26. The number of anilines is 1. The van der Waals surface area contributed by atoms with Crippen molar-refractivity contribution in [3.63, 3.8) is 0 Å². The van der Waals surface area contributed by atoms with E-state index in [1.165, 1.54) is 25.3 Å². The van der Waals surface area contributed by atoms with Gasteiger partial charge in [-0.3, -0.25) is 14.9 Å². The highest BCUT2D eigenvalue weighted by molar-refractivity contribution is 5.93. The number of methoxy groups -OCH3 is 1. The zero-order chi connectivity index (χ0) is 20.6. The molecule has 1 amide bonds. The number of nitro groups is 1. The number of benzene rings is 3. The van der Waals surface area contributed by atoms with Crippen LogP contribution in [-0.4, -0.2) is 24.5 Å². The summed E-state index contributed by atoms with van der Waals surface area (Å²) in [5, 5.41) is 13.9. The molecule has 0 heterocycles. The lowest BCUT2D eigenvalue weighted by atomic mass is 10.2. The second kappa shape index (κ2) is 9.23. The van der Waals surface area contributed by atoms with Crippen LogP contribution in [0.2, 0.25) is 0 Å². The third-order valence-corrected chi connectivity index (χ3v) is 3.85. The van der Waals surface area contributed by atoms with Crippen molar-refractivity contribution in [2.45, 2.75) is 0 Å². The molecule has 0 saturated heterocycles. The predicted octanol–water partition coefficient (Wildman–Crippen LogP) is 4.41. The summed E-state index contributed by atoms with van der Waals surface area (Å²) >= 11 is 0. The Bertz CT molecular complexity index is 1010. The number of ether oxygens (including phenoxy) is 3. The molecule has 0 fully saturated rings. The fraction of sp³-hybridized carbons (Fsp3) is 0.0952. The van der Waals surface area contributed by atoms with Gasteiger partial charge in [-0.05, 0) is 36.4 Å². The third kappa shape index (κ3) is 5.23. The number of amides is 1. The molecular formula is C21H18N2O6. The molecule has 3 aromatic carbocycles. The van der Waals surface area contributed by atoms with Crippen LogP contribution in [0.1, 0.15) is 0 Å². The Hall–Kier alpha value is -4.07. The molecule has 8 nitrogen and oxygen atoms in total. The molecule has 0 atom stereocenters. The number of hydrogen-bond donors (Lipinski definition) is 1. The molecule has 3 aromatic rings. The van der Waals surface area contributed by atoms with E-state index in [4.69, 9.17) is 14.2 Å². The highest BCUT2D eigenvalue weighted by atomic mass is 16.6. The minimum absolute atomic E-state index is 0.0280. The maximum atomic E-state index is 12.3. The maximum absolute atomic E-state index is 12.3. The molecule has 0 unspecified atom stereocenters. The largest absolute Gasteiger partial charge is 0.496 e. The Morgan fingerprint density at radius 3 is 2.41 bits per heavy atom. The third-order valence-electron chi connectivity index (χ3n) is 3.85. The van der Waals surface area contributed by atoms with Crippen LogP contribution in [0.15, 0.2) is 72.8 Å². The van der Waals surface area contributed by atoms with E-state index in [9.17, 15) is 14.9 Å². The van der Waals surface area contributed by atoms with Crippen LogP contribution in [0.25, 0.3) is 0 Å². The lowest BCUT2D eigenvalue weighted by Gasteiger charge is -2.13. The monoisotopic (exact) mass is 394 g/mol. The van der Waals surface area contributed by atoms with E-state index in [2.05, 4.69) is 5.32 Å². The number of carbonyl (C=O) groups is 1. The van der Waals surface area contributed by atoms with Crippen LogP contribution >= 0.6 is 0 Å². The van der Waals surface area contributed by atoms with Crippen molar-refractivity contribution in [1.82, 2.24) is 0 Å². The molecule has 1 N–H and O–H groups in total. The van der Waals surface area contributed by atoms with E-state index in [-0.39, 0.29) is 11.4 Å². The van der Waals surface area contributed by atoms with E-state index in [0.29, 0.717) is 22.9 Å². The molecule has 29 heavy (non-hydrogen) atoms. The first-order valence-electron chi connectivity index (χ1n) is 8.64. The fourth-order valence-electron chi connectivity index (χ4n) is 2.49. The molecule has 148 valence electrons. The molecule has 0 aliphatic rings. The van der Waals surface area contributed by atoms with Gasteiger partial charge in [-0.25, -0.2) is 0 Å². The SMILES string of the molecule is COc1ccc(OCC(=O)Nc2ccccc2Oc2ccccc2)c([N+](=O)[O-])c1. The number of nitrogens with zero attached hydrogens (tertiary/aromatic N) is 1. The van der Waals surface area contributed by atoms with Gasteiger partial charge in [0.2, 0.25) is 0 Å². The number of hydrogen-bond acceptors (Lipinski definition) is 6. The summed E-state index contributed by atoms with van der Waals surface area (Å²) in [7, 11) is 1.40. The normalized spacial score (nSPS) is 10.1. The standard InChI is InChI=1S/C21H18N2O6/c1-27-16-11-12-20(18(13-16)23(25)26)28-14-21(24)22-17-9-5-6-10-19(17)29-15-7-3-2-4-8-15/h2-13H,14H2,1H3,(H,22,24). The van der Waals surface area contributed by atoms with E-state index in [1.54, 1.807) is 36.4 Å². The second-order valence-corrected chi connectivity index (χ2v) is 5.84. The first-order valence-corrected chi connectivity index (χ1v) is 8.64. The molecule has 8 heteroatoms. The van der Waals surface area contributed by atoms with Crippen molar-refractivity contribution in [1.29, 1.82) is 0 Å². The molecule has 0 aliphatic heterocycles. The summed E-state index contributed by atoms with van der Waals surface area (Å²) in [5.74, 6) is 0.890. The van der Waals surface area contributed by atoms with Crippen molar-refractivity contribution < 1.29 is 23.9 Å². The quantitative estimate of drug-likeness (QED) is 0.449. The lowest BCUT2D eigenvalue weighted by Crippen LogP contribution is -2.20. The molecule has 0 bridgehead atoms. The highest BCUT2D eigenvalue weighted by Gasteiger charge is 2.18. The lowest BCUT2D eigenvalue weighted by molar-refractivity contribution is -0.385. The van der Waals surface area contributed by atoms with Gasteiger partial charge in [-0.1, -0.05) is 30.3 Å².